The molecule has 0 bridgehead atoms. The lowest BCUT2D eigenvalue weighted by Crippen LogP contribution is -2.03. The number of aryl methyl sites for hydroxylation is 4. The topological polar surface area (TPSA) is 38.1 Å². The Balaban J connectivity index is 1.67. The number of anilines is 1. The van der Waals surface area contributed by atoms with Crippen molar-refractivity contribution in [3.8, 4) is 0 Å². The molecule has 1 N–H and O–H groups in total. The zero-order chi connectivity index (χ0) is 21.5. The van der Waals surface area contributed by atoms with Gasteiger partial charge in [-0.2, -0.15) is 13.2 Å². The highest BCUT2D eigenvalue weighted by Crippen LogP contribution is 2.38. The first kappa shape index (κ1) is 20.7. The molecule has 0 fully saturated rings. The number of nitrogens with one attached hydrogen (secondary N) is 1. The van der Waals surface area contributed by atoms with E-state index in [0.29, 0.717) is 11.1 Å². The summed E-state index contributed by atoms with van der Waals surface area (Å²) in [6, 6.07) is 8.10. The minimum absolute atomic E-state index is 0.593. The Labute approximate surface area is 176 Å². The summed E-state index contributed by atoms with van der Waals surface area (Å²) in [5.74, 6) is 0. The molecule has 0 aliphatic heterocycles. The quantitative estimate of drug-likeness (QED) is 0.352. The number of thiophene rings is 1. The van der Waals surface area contributed by atoms with E-state index in [9.17, 15) is 13.2 Å². The average Bonchev–Trinajstić information content (AvgIpc) is 3.25. The highest BCUT2D eigenvalue weighted by Gasteiger charge is 2.31. The Kier molecular flexibility index (Phi) is 5.49. The summed E-state index contributed by atoms with van der Waals surface area (Å²) in [5, 5.41) is 9.32. The van der Waals surface area contributed by atoms with E-state index in [4.69, 9.17) is 4.52 Å². The fourth-order valence-corrected chi connectivity index (χ4v) is 5.22. The molecule has 2 heterocycles. The van der Waals surface area contributed by atoms with Crippen molar-refractivity contribution >= 4 is 38.1 Å². The summed E-state index contributed by atoms with van der Waals surface area (Å²) < 4.78 is 45.6. The molecule has 0 amide bonds. The van der Waals surface area contributed by atoms with Gasteiger partial charge in [-0.1, -0.05) is 24.6 Å². The van der Waals surface area contributed by atoms with E-state index in [1.54, 1.807) is 6.07 Å². The Morgan fingerprint density at radius 3 is 2.57 bits per heavy atom. The van der Waals surface area contributed by atoms with Crippen LogP contribution in [0.4, 0.5) is 18.9 Å². The van der Waals surface area contributed by atoms with Gasteiger partial charge in [-0.15, -0.1) is 11.3 Å². The second kappa shape index (κ2) is 7.95. The van der Waals surface area contributed by atoms with Crippen molar-refractivity contribution in [3.63, 3.8) is 0 Å². The van der Waals surface area contributed by atoms with Gasteiger partial charge in [0.2, 0.25) is 0 Å². The van der Waals surface area contributed by atoms with Crippen LogP contribution >= 0.6 is 11.3 Å². The SMILES string of the molecule is CCCc1c(CCc2noc3cc(NC)c(C)cc23)sc2cc(C(F)(F)F)ccc12. The molecular weight excluding hydrogens is 409 g/mol. The highest BCUT2D eigenvalue weighted by molar-refractivity contribution is 7.19. The normalized spacial score (nSPS) is 12.2. The molecule has 4 rings (SSSR count). The summed E-state index contributed by atoms with van der Waals surface area (Å²) in [5.41, 5.74) is 4.30. The number of benzene rings is 2. The fourth-order valence-electron chi connectivity index (χ4n) is 3.93. The summed E-state index contributed by atoms with van der Waals surface area (Å²) in [6.45, 7) is 4.12. The lowest BCUT2D eigenvalue weighted by atomic mass is 10.0. The highest BCUT2D eigenvalue weighted by atomic mass is 32.1. The van der Waals surface area contributed by atoms with Crippen molar-refractivity contribution in [3.05, 3.63) is 57.6 Å². The molecule has 4 aromatic rings. The molecule has 0 saturated heterocycles. The maximum absolute atomic E-state index is 13.1. The van der Waals surface area contributed by atoms with E-state index in [0.717, 1.165) is 63.0 Å². The first-order valence-corrected chi connectivity index (χ1v) is 10.8. The van der Waals surface area contributed by atoms with Crippen LogP contribution in [0.3, 0.4) is 0 Å². The van der Waals surface area contributed by atoms with E-state index >= 15 is 0 Å². The van der Waals surface area contributed by atoms with Crippen LogP contribution in [0.2, 0.25) is 0 Å². The van der Waals surface area contributed by atoms with Gasteiger partial charge in [-0.25, -0.2) is 0 Å². The zero-order valence-corrected chi connectivity index (χ0v) is 17.9. The number of aromatic nitrogens is 1. The predicted molar refractivity (Wildman–Crippen MR) is 117 cm³/mol. The van der Waals surface area contributed by atoms with Crippen LogP contribution in [0.1, 0.15) is 40.6 Å². The number of alkyl halides is 3. The molecule has 0 atom stereocenters. The predicted octanol–water partition coefficient (Wildman–Crippen LogP) is 7.15. The van der Waals surface area contributed by atoms with E-state index in [1.807, 2.05) is 20.0 Å². The number of nitrogens with zero attached hydrogens (tertiary/aromatic N) is 1. The van der Waals surface area contributed by atoms with Crippen molar-refractivity contribution in [1.82, 2.24) is 5.16 Å². The molecule has 7 heteroatoms. The molecule has 30 heavy (non-hydrogen) atoms. The van der Waals surface area contributed by atoms with Crippen LogP contribution in [0.15, 0.2) is 34.9 Å². The maximum Gasteiger partial charge on any atom is 0.416 e. The van der Waals surface area contributed by atoms with Crippen molar-refractivity contribution in [2.75, 3.05) is 12.4 Å². The van der Waals surface area contributed by atoms with Gasteiger partial charge in [-0.3, -0.25) is 0 Å². The molecule has 2 aromatic heterocycles. The van der Waals surface area contributed by atoms with Gasteiger partial charge in [-0.05, 0) is 60.9 Å². The standard InChI is InChI=1S/C23H23F3N2OS/c1-4-5-15-16-7-6-14(23(24,25)26)11-22(16)30-21(15)9-8-18-17-10-13(2)19(27-3)12-20(17)29-28-18/h6-7,10-12,27H,4-5,8-9H2,1-3H3. The van der Waals surface area contributed by atoms with Gasteiger partial charge in [0.1, 0.15) is 0 Å². The van der Waals surface area contributed by atoms with Crippen molar-refractivity contribution in [1.29, 1.82) is 0 Å². The number of fused-ring (bicyclic) bond motifs is 2. The van der Waals surface area contributed by atoms with E-state index in [2.05, 4.69) is 23.5 Å². The molecule has 0 aliphatic carbocycles. The van der Waals surface area contributed by atoms with Gasteiger partial charge in [0, 0.05) is 33.8 Å². The smallest absolute Gasteiger partial charge is 0.388 e. The molecule has 3 nitrogen and oxygen atoms in total. The minimum atomic E-state index is -4.33. The largest absolute Gasteiger partial charge is 0.416 e. The summed E-state index contributed by atoms with van der Waals surface area (Å²) >= 11 is 1.46. The first-order chi connectivity index (χ1) is 14.3. The van der Waals surface area contributed by atoms with Crippen molar-refractivity contribution in [2.45, 2.75) is 45.7 Å². The number of rotatable bonds is 6. The van der Waals surface area contributed by atoms with Crippen molar-refractivity contribution in [2.24, 2.45) is 0 Å². The van der Waals surface area contributed by atoms with Crippen LogP contribution in [0.25, 0.3) is 21.1 Å². The minimum Gasteiger partial charge on any atom is -0.388 e. The summed E-state index contributed by atoms with van der Waals surface area (Å²) in [6.07, 6.45) is -1.12. The molecule has 0 spiro atoms. The van der Waals surface area contributed by atoms with Gasteiger partial charge >= 0.3 is 6.18 Å². The van der Waals surface area contributed by atoms with E-state index < -0.39 is 11.7 Å². The third-order valence-electron chi connectivity index (χ3n) is 5.45. The lowest BCUT2D eigenvalue weighted by Gasteiger charge is -2.06. The van der Waals surface area contributed by atoms with Crippen LogP contribution in [-0.2, 0) is 25.4 Å². The molecule has 158 valence electrons. The maximum atomic E-state index is 13.1. The van der Waals surface area contributed by atoms with Gasteiger partial charge in [0.25, 0.3) is 0 Å². The van der Waals surface area contributed by atoms with Gasteiger partial charge in [0.05, 0.1) is 11.3 Å². The molecule has 0 saturated carbocycles. The Morgan fingerprint density at radius 2 is 1.87 bits per heavy atom. The fraction of sp³-hybridized carbons (Fsp3) is 0.348. The van der Waals surface area contributed by atoms with E-state index in [-0.39, 0.29) is 0 Å². The van der Waals surface area contributed by atoms with Crippen LogP contribution in [-0.4, -0.2) is 12.2 Å². The Morgan fingerprint density at radius 1 is 1.07 bits per heavy atom. The van der Waals surface area contributed by atoms with Crippen LogP contribution in [0, 0.1) is 6.92 Å². The molecule has 2 aromatic carbocycles. The molecule has 0 aliphatic rings. The summed E-state index contributed by atoms with van der Waals surface area (Å²) in [7, 11) is 1.87. The Bertz CT molecular complexity index is 1210. The van der Waals surface area contributed by atoms with Gasteiger partial charge in [0.15, 0.2) is 5.58 Å². The molecule has 0 radical (unpaired) electrons. The zero-order valence-electron chi connectivity index (χ0n) is 17.1. The second-order valence-electron chi connectivity index (χ2n) is 7.51. The second-order valence-corrected chi connectivity index (χ2v) is 8.64. The number of hydrogen-bond acceptors (Lipinski definition) is 4. The average molecular weight is 433 g/mol. The summed E-state index contributed by atoms with van der Waals surface area (Å²) in [4.78, 5) is 1.13. The Hall–Kier alpha value is -2.54. The third kappa shape index (κ3) is 3.78. The number of hydrogen-bond donors (Lipinski definition) is 1. The van der Waals surface area contributed by atoms with Crippen LogP contribution < -0.4 is 5.32 Å². The van der Waals surface area contributed by atoms with Gasteiger partial charge < -0.3 is 9.84 Å². The van der Waals surface area contributed by atoms with Crippen LogP contribution in [0.5, 0.6) is 0 Å². The third-order valence-corrected chi connectivity index (χ3v) is 6.71. The van der Waals surface area contributed by atoms with Crippen molar-refractivity contribution < 1.29 is 17.7 Å². The first-order valence-electron chi connectivity index (χ1n) is 10.00. The lowest BCUT2D eigenvalue weighted by molar-refractivity contribution is -0.137. The monoisotopic (exact) mass is 432 g/mol. The number of halogens is 3. The molecule has 0 unspecified atom stereocenters. The van der Waals surface area contributed by atoms with E-state index in [1.165, 1.54) is 23.5 Å². The molecular formula is C23H23F3N2OS.